The van der Waals surface area contributed by atoms with Gasteiger partial charge in [0.2, 0.25) is 0 Å². The van der Waals surface area contributed by atoms with Crippen LogP contribution in [0.4, 0.5) is 0 Å². The molecule has 1 unspecified atom stereocenters. The highest BCUT2D eigenvalue weighted by atomic mass is 35.5. The van der Waals surface area contributed by atoms with Crippen molar-refractivity contribution in [2.45, 2.75) is 12.5 Å². The first-order valence-corrected chi connectivity index (χ1v) is 7.03. The number of methoxy groups -OCH3 is 2. The summed E-state index contributed by atoms with van der Waals surface area (Å²) in [6, 6.07) is 7.39. The van der Waals surface area contributed by atoms with Crippen molar-refractivity contribution < 1.29 is 14.6 Å². The van der Waals surface area contributed by atoms with E-state index in [9.17, 15) is 5.11 Å². The molecule has 2 rings (SSSR count). The zero-order valence-corrected chi connectivity index (χ0v) is 12.3. The summed E-state index contributed by atoms with van der Waals surface area (Å²) in [5, 5.41) is 12.7. The van der Waals surface area contributed by atoms with Crippen LogP contribution in [0.15, 0.2) is 29.6 Å². The number of hydrogen-bond donors (Lipinski definition) is 1. The molecule has 0 aliphatic carbocycles. The lowest BCUT2D eigenvalue weighted by atomic mass is 10.1. The lowest BCUT2D eigenvalue weighted by Gasteiger charge is -2.12. The van der Waals surface area contributed by atoms with E-state index >= 15 is 0 Å². The number of benzene rings is 1. The van der Waals surface area contributed by atoms with Gasteiger partial charge >= 0.3 is 0 Å². The summed E-state index contributed by atoms with van der Waals surface area (Å²) < 4.78 is 10.4. The van der Waals surface area contributed by atoms with E-state index in [0.29, 0.717) is 22.9 Å². The minimum Gasteiger partial charge on any atom is -0.493 e. The Morgan fingerprint density at radius 2 is 1.95 bits per heavy atom. The molecule has 1 heterocycles. The second-order valence-corrected chi connectivity index (χ2v) is 5.40. The number of ether oxygens (including phenoxy) is 2. The molecule has 3 nitrogen and oxygen atoms in total. The first-order chi connectivity index (χ1) is 9.15. The highest BCUT2D eigenvalue weighted by Gasteiger charge is 2.15. The van der Waals surface area contributed by atoms with Gasteiger partial charge in [-0.2, -0.15) is 0 Å². The monoisotopic (exact) mass is 298 g/mol. The van der Waals surface area contributed by atoms with Crippen molar-refractivity contribution in [3.8, 4) is 11.5 Å². The number of thiophene rings is 1. The molecule has 19 heavy (non-hydrogen) atoms. The lowest BCUT2D eigenvalue weighted by molar-refractivity contribution is 0.182. The van der Waals surface area contributed by atoms with E-state index in [-0.39, 0.29) is 0 Å². The van der Waals surface area contributed by atoms with Crippen LogP contribution in [0.1, 0.15) is 16.5 Å². The van der Waals surface area contributed by atoms with Crippen LogP contribution >= 0.6 is 22.9 Å². The third-order valence-corrected chi connectivity index (χ3v) is 4.28. The van der Waals surface area contributed by atoms with Crippen molar-refractivity contribution in [2.75, 3.05) is 14.2 Å². The zero-order valence-electron chi connectivity index (χ0n) is 10.7. The minimum atomic E-state index is -0.606. The molecular weight excluding hydrogens is 284 g/mol. The average molecular weight is 299 g/mol. The number of halogens is 1. The van der Waals surface area contributed by atoms with Gasteiger partial charge in [0.15, 0.2) is 11.5 Å². The predicted molar refractivity (Wildman–Crippen MR) is 77.5 cm³/mol. The lowest BCUT2D eigenvalue weighted by Crippen LogP contribution is -2.01. The van der Waals surface area contributed by atoms with Crippen molar-refractivity contribution in [1.29, 1.82) is 0 Å². The van der Waals surface area contributed by atoms with E-state index < -0.39 is 6.10 Å². The summed E-state index contributed by atoms with van der Waals surface area (Å²) in [6.07, 6.45) is -0.119. The molecule has 2 aromatic rings. The molecule has 0 spiro atoms. The molecule has 0 saturated heterocycles. The number of hydrogen-bond acceptors (Lipinski definition) is 4. The van der Waals surface area contributed by atoms with Crippen LogP contribution in [0.5, 0.6) is 11.5 Å². The molecule has 0 saturated carbocycles. The molecule has 0 bridgehead atoms. The minimum absolute atomic E-state index is 0.487. The Morgan fingerprint density at radius 1 is 1.21 bits per heavy atom. The molecule has 102 valence electrons. The topological polar surface area (TPSA) is 38.7 Å². The summed E-state index contributed by atoms with van der Waals surface area (Å²) in [5.74, 6) is 1.33. The quantitative estimate of drug-likeness (QED) is 0.915. The standard InChI is InChI=1S/C14H15ClO3S/c1-17-12-4-3-9(8-13(12)18-2)7-11(16)14-10(15)5-6-19-14/h3-6,8,11,16H,7H2,1-2H3. The van der Waals surface area contributed by atoms with Gasteiger partial charge in [0, 0.05) is 6.42 Å². The van der Waals surface area contributed by atoms with E-state index in [4.69, 9.17) is 21.1 Å². The largest absolute Gasteiger partial charge is 0.493 e. The highest BCUT2D eigenvalue weighted by molar-refractivity contribution is 7.10. The van der Waals surface area contributed by atoms with Crippen molar-refractivity contribution in [3.05, 3.63) is 45.1 Å². The van der Waals surface area contributed by atoms with Crippen molar-refractivity contribution in [2.24, 2.45) is 0 Å². The summed E-state index contributed by atoms with van der Waals surface area (Å²) in [6.45, 7) is 0. The Labute approximate surface area is 121 Å². The Morgan fingerprint density at radius 3 is 2.53 bits per heavy atom. The Balaban J connectivity index is 2.17. The van der Waals surface area contributed by atoms with E-state index in [1.54, 1.807) is 20.3 Å². The van der Waals surface area contributed by atoms with Gasteiger partial charge in [-0.05, 0) is 29.1 Å². The van der Waals surface area contributed by atoms with Gasteiger partial charge in [0.1, 0.15) is 0 Å². The van der Waals surface area contributed by atoms with Crippen LogP contribution in [0.3, 0.4) is 0 Å². The van der Waals surface area contributed by atoms with Crippen LogP contribution in [-0.2, 0) is 6.42 Å². The molecule has 1 aromatic carbocycles. The van der Waals surface area contributed by atoms with Crippen LogP contribution in [0, 0.1) is 0 Å². The highest BCUT2D eigenvalue weighted by Crippen LogP contribution is 2.33. The Kier molecular flexibility index (Phi) is 4.69. The van der Waals surface area contributed by atoms with Crippen LogP contribution in [0.2, 0.25) is 5.02 Å². The number of aliphatic hydroxyl groups excluding tert-OH is 1. The van der Waals surface area contributed by atoms with Gasteiger partial charge in [0.05, 0.1) is 30.2 Å². The second kappa shape index (κ2) is 6.28. The summed E-state index contributed by atoms with van der Waals surface area (Å²) in [4.78, 5) is 0.788. The number of aliphatic hydroxyl groups is 1. The third kappa shape index (κ3) is 3.21. The molecule has 1 aromatic heterocycles. The van der Waals surface area contributed by atoms with Crippen LogP contribution < -0.4 is 9.47 Å². The SMILES string of the molecule is COc1ccc(CC(O)c2sccc2Cl)cc1OC. The van der Waals surface area contributed by atoms with E-state index in [0.717, 1.165) is 10.4 Å². The molecule has 0 fully saturated rings. The van der Waals surface area contributed by atoms with Gasteiger partial charge in [-0.3, -0.25) is 0 Å². The zero-order chi connectivity index (χ0) is 13.8. The fraction of sp³-hybridized carbons (Fsp3) is 0.286. The molecule has 1 atom stereocenters. The smallest absolute Gasteiger partial charge is 0.160 e. The summed E-state index contributed by atoms with van der Waals surface area (Å²) in [5.41, 5.74) is 0.967. The fourth-order valence-corrected chi connectivity index (χ4v) is 3.04. The summed E-state index contributed by atoms with van der Waals surface area (Å²) in [7, 11) is 3.19. The molecule has 5 heteroatoms. The van der Waals surface area contributed by atoms with Crippen LogP contribution in [0.25, 0.3) is 0 Å². The number of rotatable bonds is 5. The maximum Gasteiger partial charge on any atom is 0.160 e. The van der Waals surface area contributed by atoms with Gasteiger partial charge in [-0.25, -0.2) is 0 Å². The van der Waals surface area contributed by atoms with E-state index in [2.05, 4.69) is 0 Å². The Hall–Kier alpha value is -1.23. The second-order valence-electron chi connectivity index (χ2n) is 4.04. The molecule has 0 aliphatic rings. The molecular formula is C14H15ClO3S. The maximum atomic E-state index is 10.2. The van der Waals surface area contributed by atoms with Crippen LogP contribution in [-0.4, -0.2) is 19.3 Å². The maximum absolute atomic E-state index is 10.2. The third-order valence-electron chi connectivity index (χ3n) is 2.82. The molecule has 0 aliphatic heterocycles. The first kappa shape index (κ1) is 14.2. The van der Waals surface area contributed by atoms with Crippen molar-refractivity contribution >= 4 is 22.9 Å². The van der Waals surface area contributed by atoms with Gasteiger partial charge in [-0.15, -0.1) is 11.3 Å². The average Bonchev–Trinajstić information content (AvgIpc) is 2.85. The first-order valence-electron chi connectivity index (χ1n) is 5.77. The van der Waals surface area contributed by atoms with Gasteiger partial charge in [-0.1, -0.05) is 17.7 Å². The van der Waals surface area contributed by atoms with E-state index in [1.165, 1.54) is 11.3 Å². The summed E-state index contributed by atoms with van der Waals surface area (Å²) >= 11 is 7.47. The predicted octanol–water partition coefficient (Wildman–Crippen LogP) is 3.69. The van der Waals surface area contributed by atoms with Crippen molar-refractivity contribution in [1.82, 2.24) is 0 Å². The molecule has 0 amide bonds. The normalized spacial score (nSPS) is 12.2. The van der Waals surface area contributed by atoms with Gasteiger partial charge < -0.3 is 14.6 Å². The fourth-order valence-electron chi connectivity index (χ4n) is 1.87. The van der Waals surface area contributed by atoms with Gasteiger partial charge in [0.25, 0.3) is 0 Å². The van der Waals surface area contributed by atoms with Crippen molar-refractivity contribution in [3.63, 3.8) is 0 Å². The van der Waals surface area contributed by atoms with E-state index in [1.807, 2.05) is 23.6 Å². The molecule has 0 radical (unpaired) electrons. The molecule has 1 N–H and O–H groups in total. The Bertz CT molecular complexity index is 553.